The summed E-state index contributed by atoms with van der Waals surface area (Å²) >= 11 is 0. The van der Waals surface area contributed by atoms with E-state index in [4.69, 9.17) is 0 Å². The third kappa shape index (κ3) is 4.14. The molecule has 0 radical (unpaired) electrons. The lowest BCUT2D eigenvalue weighted by Crippen LogP contribution is -3.00. The maximum absolute atomic E-state index is 2.35. The Morgan fingerprint density at radius 2 is 1.32 bits per heavy atom. The summed E-state index contributed by atoms with van der Waals surface area (Å²) in [6.07, 6.45) is 4.50. The SMILES string of the molecule is Cc1cc(C)c(-[n+]2cc3cccc(-c4c(C(C)C)cccc4C(C)C)n3c2)c(C)c1.[Cl-]. The lowest BCUT2D eigenvalue weighted by molar-refractivity contribution is -0.594. The summed E-state index contributed by atoms with van der Waals surface area (Å²) in [4.78, 5) is 0. The molecule has 0 bridgehead atoms. The molecule has 2 aromatic heterocycles. The van der Waals surface area contributed by atoms with E-state index in [9.17, 15) is 0 Å². The summed E-state index contributed by atoms with van der Waals surface area (Å²) in [6, 6.07) is 18.0. The molecule has 4 aromatic rings. The van der Waals surface area contributed by atoms with Crippen LogP contribution < -0.4 is 17.0 Å². The first-order chi connectivity index (χ1) is 14.3. The van der Waals surface area contributed by atoms with Gasteiger partial charge in [0.1, 0.15) is 17.6 Å². The molecule has 2 heterocycles. The maximum atomic E-state index is 2.35. The van der Waals surface area contributed by atoms with E-state index in [1.807, 2.05) is 0 Å². The molecule has 0 N–H and O–H groups in total. The Bertz CT molecular complexity index is 1180. The lowest BCUT2D eigenvalue weighted by atomic mass is 9.87. The number of hydrogen-bond donors (Lipinski definition) is 0. The molecular formula is C28H33ClN2. The minimum Gasteiger partial charge on any atom is -1.00 e. The molecule has 0 aliphatic rings. The summed E-state index contributed by atoms with van der Waals surface area (Å²) < 4.78 is 4.64. The van der Waals surface area contributed by atoms with Crippen LogP contribution in [0.15, 0.2) is 61.1 Å². The summed E-state index contributed by atoms with van der Waals surface area (Å²) in [5, 5.41) is 0. The van der Waals surface area contributed by atoms with Gasteiger partial charge in [-0.05, 0) is 67.0 Å². The zero-order valence-corrected chi connectivity index (χ0v) is 20.5. The fourth-order valence-corrected chi connectivity index (χ4v) is 4.82. The topological polar surface area (TPSA) is 8.29 Å². The van der Waals surface area contributed by atoms with Crippen LogP contribution in [0.1, 0.15) is 67.3 Å². The predicted molar refractivity (Wildman–Crippen MR) is 127 cm³/mol. The number of nitrogens with zero attached hydrogens (tertiary/aromatic N) is 2. The summed E-state index contributed by atoms with van der Waals surface area (Å²) in [6.45, 7) is 15.7. The number of rotatable bonds is 4. The quantitative estimate of drug-likeness (QED) is 0.430. The van der Waals surface area contributed by atoms with Crippen molar-refractivity contribution in [2.75, 3.05) is 0 Å². The number of imidazole rings is 1. The predicted octanol–water partition coefficient (Wildman–Crippen LogP) is 4.06. The number of benzene rings is 2. The van der Waals surface area contributed by atoms with E-state index in [0.29, 0.717) is 11.8 Å². The molecule has 0 spiro atoms. The van der Waals surface area contributed by atoms with Gasteiger partial charge in [-0.3, -0.25) is 0 Å². The van der Waals surface area contributed by atoms with E-state index in [1.54, 1.807) is 0 Å². The molecule has 2 aromatic carbocycles. The van der Waals surface area contributed by atoms with Crippen molar-refractivity contribution in [1.29, 1.82) is 0 Å². The average Bonchev–Trinajstić information content (AvgIpc) is 3.10. The van der Waals surface area contributed by atoms with Crippen LogP contribution in [0.2, 0.25) is 0 Å². The number of hydrogen-bond acceptors (Lipinski definition) is 0. The molecule has 0 aliphatic heterocycles. The fraction of sp³-hybridized carbons (Fsp3) is 0.321. The van der Waals surface area contributed by atoms with Crippen molar-refractivity contribution in [3.05, 3.63) is 88.9 Å². The van der Waals surface area contributed by atoms with Crippen LogP contribution in [0.25, 0.3) is 22.5 Å². The highest BCUT2D eigenvalue weighted by Crippen LogP contribution is 2.36. The number of aryl methyl sites for hydroxylation is 3. The largest absolute Gasteiger partial charge is 1.00 e. The highest BCUT2D eigenvalue weighted by Gasteiger charge is 2.22. The molecule has 0 saturated carbocycles. The van der Waals surface area contributed by atoms with Gasteiger partial charge in [0.15, 0.2) is 5.52 Å². The third-order valence-corrected chi connectivity index (χ3v) is 6.09. The van der Waals surface area contributed by atoms with E-state index in [1.165, 1.54) is 50.3 Å². The first-order valence-electron chi connectivity index (χ1n) is 11.0. The van der Waals surface area contributed by atoms with Crippen molar-refractivity contribution in [3.8, 4) is 16.9 Å². The van der Waals surface area contributed by atoms with Gasteiger partial charge in [0, 0.05) is 5.56 Å². The standard InChI is InChI=1S/C28H33N2.ClH/c1-18(2)24-11-9-12-25(19(3)4)27(24)26-13-8-10-23-16-29(17-30(23)26)28-21(6)14-20(5)15-22(28)7;/h8-19H,1-7H3;1H/q+1;/p-1. The third-order valence-electron chi connectivity index (χ3n) is 6.09. The smallest absolute Gasteiger partial charge is 0.254 e. The van der Waals surface area contributed by atoms with Gasteiger partial charge in [0.05, 0.1) is 0 Å². The van der Waals surface area contributed by atoms with Crippen LogP contribution in [0.3, 0.4) is 0 Å². The van der Waals surface area contributed by atoms with Crippen LogP contribution in [0, 0.1) is 20.8 Å². The molecule has 31 heavy (non-hydrogen) atoms. The van der Waals surface area contributed by atoms with Gasteiger partial charge in [0.2, 0.25) is 0 Å². The Hall–Kier alpha value is -2.58. The molecule has 0 atom stereocenters. The van der Waals surface area contributed by atoms with Crippen molar-refractivity contribution in [2.45, 2.75) is 60.3 Å². The Morgan fingerprint density at radius 1 is 0.774 bits per heavy atom. The molecule has 3 heteroatoms. The molecular weight excluding hydrogens is 400 g/mol. The Labute approximate surface area is 193 Å². The molecule has 0 aliphatic carbocycles. The van der Waals surface area contributed by atoms with Crippen molar-refractivity contribution in [1.82, 2.24) is 4.40 Å². The van der Waals surface area contributed by atoms with Gasteiger partial charge in [0.25, 0.3) is 6.33 Å². The summed E-state index contributed by atoms with van der Waals surface area (Å²) in [7, 11) is 0. The van der Waals surface area contributed by atoms with Crippen LogP contribution in [-0.2, 0) is 0 Å². The Kier molecular flexibility index (Phi) is 6.62. The number of halogens is 1. The summed E-state index contributed by atoms with van der Waals surface area (Å²) in [5.41, 5.74) is 11.9. The minimum absolute atomic E-state index is 0. The molecule has 0 amide bonds. The van der Waals surface area contributed by atoms with Crippen LogP contribution in [0.5, 0.6) is 0 Å². The molecule has 162 valence electrons. The van der Waals surface area contributed by atoms with Gasteiger partial charge >= 0.3 is 0 Å². The zero-order chi connectivity index (χ0) is 21.6. The van der Waals surface area contributed by atoms with E-state index < -0.39 is 0 Å². The van der Waals surface area contributed by atoms with E-state index in [0.717, 1.165) is 0 Å². The van der Waals surface area contributed by atoms with Crippen LogP contribution in [-0.4, -0.2) is 4.40 Å². The van der Waals surface area contributed by atoms with Gasteiger partial charge < -0.3 is 12.4 Å². The first-order valence-corrected chi connectivity index (χ1v) is 11.0. The van der Waals surface area contributed by atoms with Gasteiger partial charge in [-0.1, -0.05) is 69.7 Å². The number of aromatic nitrogens is 2. The van der Waals surface area contributed by atoms with Crippen LogP contribution >= 0.6 is 0 Å². The highest BCUT2D eigenvalue weighted by atomic mass is 35.5. The second-order valence-electron chi connectivity index (χ2n) is 9.23. The maximum Gasteiger partial charge on any atom is 0.254 e. The average molecular weight is 433 g/mol. The molecule has 0 fully saturated rings. The molecule has 0 unspecified atom stereocenters. The van der Waals surface area contributed by atoms with E-state index >= 15 is 0 Å². The normalized spacial score (nSPS) is 11.4. The van der Waals surface area contributed by atoms with Crippen molar-refractivity contribution in [2.24, 2.45) is 0 Å². The van der Waals surface area contributed by atoms with Crippen LogP contribution in [0.4, 0.5) is 0 Å². The lowest BCUT2D eigenvalue weighted by Gasteiger charge is -2.18. The van der Waals surface area contributed by atoms with Crippen molar-refractivity contribution >= 4 is 5.52 Å². The number of pyridine rings is 1. The van der Waals surface area contributed by atoms with Gasteiger partial charge in [-0.25, -0.2) is 4.57 Å². The monoisotopic (exact) mass is 432 g/mol. The summed E-state index contributed by atoms with van der Waals surface area (Å²) in [5.74, 6) is 0.941. The van der Waals surface area contributed by atoms with Crippen molar-refractivity contribution < 1.29 is 17.0 Å². The molecule has 2 nitrogen and oxygen atoms in total. The minimum atomic E-state index is 0. The first kappa shape index (κ1) is 23.1. The Morgan fingerprint density at radius 3 is 1.87 bits per heavy atom. The highest BCUT2D eigenvalue weighted by molar-refractivity contribution is 5.72. The van der Waals surface area contributed by atoms with Gasteiger partial charge in [-0.15, -0.1) is 0 Å². The van der Waals surface area contributed by atoms with E-state index in [-0.39, 0.29) is 12.4 Å². The fourth-order valence-electron chi connectivity index (χ4n) is 4.82. The Balaban J connectivity index is 0.00000272. The number of fused-ring (bicyclic) bond motifs is 1. The van der Waals surface area contributed by atoms with E-state index in [2.05, 4.69) is 118 Å². The molecule has 0 saturated heterocycles. The zero-order valence-electron chi connectivity index (χ0n) is 19.7. The second-order valence-corrected chi connectivity index (χ2v) is 9.23. The second kappa shape index (κ2) is 8.88. The van der Waals surface area contributed by atoms with Crippen molar-refractivity contribution in [3.63, 3.8) is 0 Å². The molecule has 4 rings (SSSR count). The van der Waals surface area contributed by atoms with Gasteiger partial charge in [-0.2, -0.15) is 4.40 Å².